The van der Waals surface area contributed by atoms with Crippen LogP contribution >= 0.6 is 35.6 Å². The molecule has 5 nitrogen and oxygen atoms in total. The number of nitrogens with one attached hydrogen (secondary N) is 2. The van der Waals surface area contributed by atoms with E-state index in [9.17, 15) is 0 Å². The molecule has 2 aromatic rings. The standard InChI is InChI=1S/C16H20ClN5S2/c17-13-8-6-12(7-9-13)10-24-16-20-18-11-22(16)21-15(23)19-14-4-2-1-3-5-14/h6-9,11,14H,1-5,10H2,(H2,19,21,23). The molecule has 0 amide bonds. The SMILES string of the molecule is S=C(NC1CCCCC1)Nn1cnnc1SCc1ccc(Cl)cc1. The van der Waals surface area contributed by atoms with Gasteiger partial charge in [0.25, 0.3) is 0 Å². The fourth-order valence-corrected chi connectivity index (χ4v) is 3.92. The van der Waals surface area contributed by atoms with Crippen molar-refractivity contribution >= 4 is 40.7 Å². The number of rotatable bonds is 5. The normalized spacial score (nSPS) is 15.2. The second-order valence-electron chi connectivity index (χ2n) is 5.82. The van der Waals surface area contributed by atoms with E-state index in [1.807, 2.05) is 24.3 Å². The van der Waals surface area contributed by atoms with E-state index in [0.29, 0.717) is 11.2 Å². The molecule has 1 aromatic carbocycles. The summed E-state index contributed by atoms with van der Waals surface area (Å²) in [4.78, 5) is 0. The van der Waals surface area contributed by atoms with Gasteiger partial charge in [-0.3, -0.25) is 5.43 Å². The molecule has 1 fully saturated rings. The molecule has 1 saturated carbocycles. The van der Waals surface area contributed by atoms with E-state index in [4.69, 9.17) is 23.8 Å². The van der Waals surface area contributed by atoms with Gasteiger partial charge < -0.3 is 5.32 Å². The minimum atomic E-state index is 0.473. The summed E-state index contributed by atoms with van der Waals surface area (Å²) in [6.45, 7) is 0. The predicted octanol–water partition coefficient (Wildman–Crippen LogP) is 3.97. The first kappa shape index (κ1) is 17.5. The van der Waals surface area contributed by atoms with Crippen LogP contribution in [0.2, 0.25) is 5.02 Å². The molecule has 1 aromatic heterocycles. The minimum Gasteiger partial charge on any atom is -0.359 e. The quantitative estimate of drug-likeness (QED) is 0.603. The Labute approximate surface area is 156 Å². The van der Waals surface area contributed by atoms with Crippen LogP contribution in [0.3, 0.4) is 0 Å². The fourth-order valence-electron chi connectivity index (χ4n) is 2.70. The van der Waals surface area contributed by atoms with E-state index in [1.165, 1.54) is 37.7 Å². The topological polar surface area (TPSA) is 54.8 Å². The zero-order chi connectivity index (χ0) is 16.8. The molecule has 0 unspecified atom stereocenters. The Morgan fingerprint density at radius 1 is 1.25 bits per heavy atom. The summed E-state index contributed by atoms with van der Waals surface area (Å²) in [6, 6.07) is 8.28. The largest absolute Gasteiger partial charge is 0.359 e. The van der Waals surface area contributed by atoms with Crippen LogP contribution in [0.25, 0.3) is 0 Å². The Kier molecular flexibility index (Phi) is 6.34. The lowest BCUT2D eigenvalue weighted by Gasteiger charge is -2.24. The van der Waals surface area contributed by atoms with Crippen LogP contribution in [0.15, 0.2) is 35.7 Å². The second kappa shape index (κ2) is 8.69. The van der Waals surface area contributed by atoms with Crippen molar-refractivity contribution in [2.45, 2.75) is 49.1 Å². The lowest BCUT2D eigenvalue weighted by molar-refractivity contribution is 0.414. The Morgan fingerprint density at radius 2 is 2.00 bits per heavy atom. The van der Waals surface area contributed by atoms with Crippen LogP contribution in [0.1, 0.15) is 37.7 Å². The average molecular weight is 382 g/mol. The Hall–Kier alpha value is -1.31. The van der Waals surface area contributed by atoms with E-state index in [-0.39, 0.29) is 0 Å². The van der Waals surface area contributed by atoms with Gasteiger partial charge in [-0.15, -0.1) is 10.2 Å². The molecule has 24 heavy (non-hydrogen) atoms. The molecule has 8 heteroatoms. The molecule has 0 spiro atoms. The van der Waals surface area contributed by atoms with Crippen LogP contribution in [0.4, 0.5) is 0 Å². The van der Waals surface area contributed by atoms with Crippen molar-refractivity contribution in [2.24, 2.45) is 0 Å². The van der Waals surface area contributed by atoms with Crippen molar-refractivity contribution in [3.8, 4) is 0 Å². The van der Waals surface area contributed by atoms with E-state index in [2.05, 4.69) is 20.9 Å². The van der Waals surface area contributed by atoms with Gasteiger partial charge >= 0.3 is 0 Å². The smallest absolute Gasteiger partial charge is 0.210 e. The Bertz CT molecular complexity index is 667. The van der Waals surface area contributed by atoms with Crippen LogP contribution in [0, 0.1) is 0 Å². The van der Waals surface area contributed by atoms with Gasteiger partial charge in [-0.05, 0) is 42.8 Å². The molecule has 0 aliphatic heterocycles. The van der Waals surface area contributed by atoms with Crippen LogP contribution in [-0.2, 0) is 5.75 Å². The van der Waals surface area contributed by atoms with Crippen molar-refractivity contribution in [3.05, 3.63) is 41.2 Å². The van der Waals surface area contributed by atoms with Gasteiger partial charge in [-0.2, -0.15) is 0 Å². The molecule has 1 aliphatic carbocycles. The summed E-state index contributed by atoms with van der Waals surface area (Å²) in [5.41, 5.74) is 4.34. The number of thioether (sulfide) groups is 1. The highest BCUT2D eigenvalue weighted by Gasteiger charge is 2.14. The molecule has 2 N–H and O–H groups in total. The van der Waals surface area contributed by atoms with Gasteiger partial charge in [0.05, 0.1) is 0 Å². The number of hydrogen-bond acceptors (Lipinski definition) is 4. The molecule has 0 saturated heterocycles. The number of benzene rings is 1. The highest BCUT2D eigenvalue weighted by atomic mass is 35.5. The van der Waals surface area contributed by atoms with Crippen molar-refractivity contribution in [2.75, 3.05) is 5.43 Å². The molecular formula is C16H20ClN5S2. The summed E-state index contributed by atoms with van der Waals surface area (Å²) < 4.78 is 1.76. The van der Waals surface area contributed by atoms with Gasteiger partial charge in [-0.25, -0.2) is 4.68 Å². The number of nitrogens with zero attached hydrogens (tertiary/aromatic N) is 3. The minimum absolute atomic E-state index is 0.473. The summed E-state index contributed by atoms with van der Waals surface area (Å²) in [5.74, 6) is 0.792. The van der Waals surface area contributed by atoms with Gasteiger partial charge in [0, 0.05) is 16.8 Å². The van der Waals surface area contributed by atoms with Gasteiger partial charge in [0.15, 0.2) is 5.11 Å². The lowest BCUT2D eigenvalue weighted by Crippen LogP contribution is -2.41. The van der Waals surface area contributed by atoms with E-state index in [0.717, 1.165) is 15.9 Å². The first-order chi connectivity index (χ1) is 11.7. The maximum absolute atomic E-state index is 5.91. The first-order valence-electron chi connectivity index (χ1n) is 8.05. The maximum atomic E-state index is 5.91. The third-order valence-electron chi connectivity index (χ3n) is 3.96. The third-order valence-corrected chi connectivity index (χ3v) is 5.44. The van der Waals surface area contributed by atoms with E-state index in [1.54, 1.807) is 22.8 Å². The highest BCUT2D eigenvalue weighted by Crippen LogP contribution is 2.21. The van der Waals surface area contributed by atoms with E-state index < -0.39 is 0 Å². The number of halogens is 1. The first-order valence-corrected chi connectivity index (χ1v) is 9.83. The van der Waals surface area contributed by atoms with Crippen molar-refractivity contribution < 1.29 is 0 Å². The molecule has 0 radical (unpaired) electrons. The predicted molar refractivity (Wildman–Crippen MR) is 103 cm³/mol. The third kappa shape index (κ3) is 5.09. The lowest BCUT2D eigenvalue weighted by atomic mass is 9.96. The second-order valence-corrected chi connectivity index (χ2v) is 7.61. The summed E-state index contributed by atoms with van der Waals surface area (Å²) in [5, 5.41) is 13.6. The molecule has 3 rings (SSSR count). The Balaban J connectivity index is 1.52. The monoisotopic (exact) mass is 381 g/mol. The van der Waals surface area contributed by atoms with Crippen LogP contribution < -0.4 is 10.7 Å². The molecular weight excluding hydrogens is 362 g/mol. The molecule has 1 aliphatic rings. The fraction of sp³-hybridized carbons (Fsp3) is 0.438. The maximum Gasteiger partial charge on any atom is 0.210 e. The molecule has 0 bridgehead atoms. The van der Waals surface area contributed by atoms with Gasteiger partial charge in [-0.1, -0.05) is 54.8 Å². The van der Waals surface area contributed by atoms with Crippen molar-refractivity contribution in [1.82, 2.24) is 20.2 Å². The molecule has 0 atom stereocenters. The number of hydrogen-bond donors (Lipinski definition) is 2. The summed E-state index contributed by atoms with van der Waals surface area (Å²) in [6.07, 6.45) is 7.88. The number of thiocarbonyl (C=S) groups is 1. The average Bonchev–Trinajstić information content (AvgIpc) is 3.02. The number of aromatic nitrogens is 3. The summed E-state index contributed by atoms with van der Waals surface area (Å²) >= 11 is 12.9. The van der Waals surface area contributed by atoms with Crippen LogP contribution in [-0.4, -0.2) is 26.0 Å². The summed E-state index contributed by atoms with van der Waals surface area (Å²) in [7, 11) is 0. The zero-order valence-corrected chi connectivity index (χ0v) is 15.6. The zero-order valence-electron chi connectivity index (χ0n) is 13.2. The molecule has 1 heterocycles. The molecule has 128 valence electrons. The van der Waals surface area contributed by atoms with Gasteiger partial charge in [0.1, 0.15) is 6.33 Å². The Morgan fingerprint density at radius 3 is 2.75 bits per heavy atom. The van der Waals surface area contributed by atoms with Gasteiger partial charge in [0.2, 0.25) is 5.16 Å². The van der Waals surface area contributed by atoms with Crippen molar-refractivity contribution in [1.29, 1.82) is 0 Å². The highest BCUT2D eigenvalue weighted by molar-refractivity contribution is 7.98. The van der Waals surface area contributed by atoms with Crippen molar-refractivity contribution in [3.63, 3.8) is 0 Å². The van der Waals surface area contributed by atoms with E-state index >= 15 is 0 Å². The van der Waals surface area contributed by atoms with Crippen LogP contribution in [0.5, 0.6) is 0 Å².